The number of hydrogen-bond donors (Lipinski definition) is 1. The summed E-state index contributed by atoms with van der Waals surface area (Å²) in [5.74, 6) is 0.138. The van der Waals surface area contributed by atoms with E-state index in [0.29, 0.717) is 18.1 Å². The number of hydrogen-bond acceptors (Lipinski definition) is 3. The van der Waals surface area contributed by atoms with Gasteiger partial charge in [-0.3, -0.25) is 4.79 Å². The number of nitrogens with one attached hydrogen (secondary N) is 1. The Hall–Kier alpha value is -2.70. The maximum Gasteiger partial charge on any atom is 0.418 e. The van der Waals surface area contributed by atoms with Crippen LogP contribution in [0, 0.1) is 0 Å². The monoisotopic (exact) mass is 353 g/mol. The molecule has 0 heterocycles. The molecule has 2 aromatic carbocycles. The number of amides is 1. The normalized spacial score (nSPS) is 11.1. The largest absolute Gasteiger partial charge is 0.493 e. The molecule has 0 aliphatic carbocycles. The van der Waals surface area contributed by atoms with Gasteiger partial charge in [0.1, 0.15) is 0 Å². The van der Waals surface area contributed by atoms with E-state index in [1.165, 1.54) is 37.4 Å². The lowest BCUT2D eigenvalue weighted by atomic mass is 10.1. The fraction of sp³-hybridized carbons (Fsp3) is 0.278. The molecule has 134 valence electrons. The van der Waals surface area contributed by atoms with Crippen LogP contribution < -0.4 is 14.8 Å². The van der Waals surface area contributed by atoms with Crippen molar-refractivity contribution in [3.63, 3.8) is 0 Å². The number of carbonyl (C=O) groups is 1. The first-order valence-electron chi connectivity index (χ1n) is 7.65. The highest BCUT2D eigenvalue weighted by Gasteiger charge is 2.33. The third-order valence-corrected chi connectivity index (χ3v) is 3.37. The Kier molecular flexibility index (Phi) is 5.90. The van der Waals surface area contributed by atoms with Crippen LogP contribution in [0.4, 0.5) is 18.9 Å². The first-order chi connectivity index (χ1) is 11.9. The molecule has 7 heteroatoms. The van der Waals surface area contributed by atoms with Crippen molar-refractivity contribution in [2.75, 3.05) is 19.0 Å². The number of ether oxygens (including phenoxy) is 2. The van der Waals surface area contributed by atoms with Gasteiger partial charge < -0.3 is 14.8 Å². The van der Waals surface area contributed by atoms with Gasteiger partial charge in [0.05, 0.1) is 25.0 Å². The third kappa shape index (κ3) is 4.65. The second-order valence-corrected chi connectivity index (χ2v) is 5.21. The Morgan fingerprint density at radius 2 is 1.84 bits per heavy atom. The topological polar surface area (TPSA) is 47.6 Å². The molecular formula is C18H18F3NO3. The van der Waals surface area contributed by atoms with Crippen molar-refractivity contribution < 1.29 is 27.4 Å². The van der Waals surface area contributed by atoms with Crippen LogP contribution >= 0.6 is 0 Å². The molecule has 0 bridgehead atoms. The summed E-state index contributed by atoms with van der Waals surface area (Å²) in [6, 6.07) is 9.26. The standard InChI is InChI=1S/C18H18F3NO3/c1-3-10-25-15-9-8-12(11-16(15)24-2)17(23)22-14-7-5-4-6-13(14)18(19,20)21/h4-9,11H,3,10H2,1-2H3,(H,22,23). The Labute approximate surface area is 143 Å². The highest BCUT2D eigenvalue weighted by Crippen LogP contribution is 2.35. The van der Waals surface area contributed by atoms with Crippen LogP contribution in [0.2, 0.25) is 0 Å². The third-order valence-electron chi connectivity index (χ3n) is 3.37. The molecule has 0 atom stereocenters. The van der Waals surface area contributed by atoms with Gasteiger partial charge in [-0.15, -0.1) is 0 Å². The smallest absolute Gasteiger partial charge is 0.418 e. The van der Waals surface area contributed by atoms with Crippen molar-refractivity contribution in [2.24, 2.45) is 0 Å². The van der Waals surface area contributed by atoms with Gasteiger partial charge in [0.25, 0.3) is 5.91 Å². The Bertz CT molecular complexity index is 745. The van der Waals surface area contributed by atoms with E-state index in [1.807, 2.05) is 6.92 Å². The van der Waals surface area contributed by atoms with Gasteiger partial charge in [-0.2, -0.15) is 13.2 Å². The fourth-order valence-corrected chi connectivity index (χ4v) is 2.17. The Morgan fingerprint density at radius 3 is 2.48 bits per heavy atom. The molecule has 0 aromatic heterocycles. The molecule has 2 aromatic rings. The number of carbonyl (C=O) groups excluding carboxylic acids is 1. The lowest BCUT2D eigenvalue weighted by Gasteiger charge is -2.14. The quantitative estimate of drug-likeness (QED) is 0.815. The molecule has 0 aliphatic rings. The molecule has 1 amide bonds. The molecule has 0 spiro atoms. The highest BCUT2D eigenvalue weighted by atomic mass is 19.4. The van der Waals surface area contributed by atoms with Gasteiger partial charge in [0, 0.05) is 5.56 Å². The fourth-order valence-electron chi connectivity index (χ4n) is 2.17. The zero-order valence-corrected chi connectivity index (χ0v) is 13.8. The predicted octanol–water partition coefficient (Wildman–Crippen LogP) is 4.76. The second kappa shape index (κ2) is 7.92. The van der Waals surface area contributed by atoms with E-state index < -0.39 is 17.6 Å². The molecule has 0 aliphatic heterocycles. The molecule has 0 saturated carbocycles. The lowest BCUT2D eigenvalue weighted by Crippen LogP contribution is -2.16. The summed E-state index contributed by atoms with van der Waals surface area (Å²) in [6.07, 6.45) is -3.75. The minimum absolute atomic E-state index is 0.165. The number of halogens is 3. The summed E-state index contributed by atoms with van der Waals surface area (Å²) in [6.45, 7) is 2.44. The van der Waals surface area contributed by atoms with Gasteiger partial charge in [-0.25, -0.2) is 0 Å². The molecule has 0 fully saturated rings. The van der Waals surface area contributed by atoms with Crippen LogP contribution in [0.15, 0.2) is 42.5 Å². The van der Waals surface area contributed by atoms with E-state index in [9.17, 15) is 18.0 Å². The van der Waals surface area contributed by atoms with Gasteiger partial charge in [-0.1, -0.05) is 19.1 Å². The summed E-state index contributed by atoms with van der Waals surface area (Å²) in [5.41, 5.74) is -1.04. The zero-order chi connectivity index (χ0) is 18.4. The van der Waals surface area contributed by atoms with Crippen LogP contribution in [-0.4, -0.2) is 19.6 Å². The second-order valence-electron chi connectivity index (χ2n) is 5.21. The minimum atomic E-state index is -4.56. The average Bonchev–Trinajstić information content (AvgIpc) is 2.59. The SMILES string of the molecule is CCCOc1ccc(C(=O)Nc2ccccc2C(F)(F)F)cc1OC. The van der Waals surface area contributed by atoms with Crippen molar-refractivity contribution in [1.29, 1.82) is 0 Å². The first kappa shape index (κ1) is 18.6. The van der Waals surface area contributed by atoms with Crippen molar-refractivity contribution in [2.45, 2.75) is 19.5 Å². The van der Waals surface area contributed by atoms with E-state index in [1.54, 1.807) is 6.07 Å². The van der Waals surface area contributed by atoms with E-state index in [-0.39, 0.29) is 11.3 Å². The van der Waals surface area contributed by atoms with E-state index >= 15 is 0 Å². The zero-order valence-electron chi connectivity index (χ0n) is 13.8. The average molecular weight is 353 g/mol. The summed E-state index contributed by atoms with van der Waals surface area (Å²) in [4.78, 5) is 12.3. The van der Waals surface area contributed by atoms with E-state index in [4.69, 9.17) is 9.47 Å². The molecule has 0 saturated heterocycles. The van der Waals surface area contributed by atoms with Crippen molar-refractivity contribution in [1.82, 2.24) is 0 Å². The van der Waals surface area contributed by atoms with Crippen LogP contribution in [0.25, 0.3) is 0 Å². The summed E-state index contributed by atoms with van der Waals surface area (Å²) < 4.78 is 49.7. The first-order valence-corrected chi connectivity index (χ1v) is 7.65. The maximum atomic E-state index is 13.0. The van der Waals surface area contributed by atoms with Crippen molar-refractivity contribution >= 4 is 11.6 Å². The van der Waals surface area contributed by atoms with Gasteiger partial charge in [0.15, 0.2) is 11.5 Å². The van der Waals surface area contributed by atoms with Gasteiger partial charge in [0.2, 0.25) is 0 Å². The number of para-hydroxylation sites is 1. The van der Waals surface area contributed by atoms with Crippen LogP contribution in [0.3, 0.4) is 0 Å². The maximum absolute atomic E-state index is 13.0. The molecular weight excluding hydrogens is 335 g/mol. The van der Waals surface area contributed by atoms with E-state index in [2.05, 4.69) is 5.32 Å². The molecule has 0 unspecified atom stereocenters. The number of alkyl halides is 3. The van der Waals surface area contributed by atoms with Crippen molar-refractivity contribution in [3.8, 4) is 11.5 Å². The summed E-state index contributed by atoms with van der Waals surface area (Å²) >= 11 is 0. The minimum Gasteiger partial charge on any atom is -0.493 e. The predicted molar refractivity (Wildman–Crippen MR) is 88.2 cm³/mol. The molecule has 25 heavy (non-hydrogen) atoms. The van der Waals surface area contributed by atoms with Crippen LogP contribution in [0.5, 0.6) is 11.5 Å². The Morgan fingerprint density at radius 1 is 1.12 bits per heavy atom. The molecule has 1 N–H and O–H groups in total. The highest BCUT2D eigenvalue weighted by molar-refractivity contribution is 6.05. The van der Waals surface area contributed by atoms with Gasteiger partial charge in [-0.05, 0) is 36.8 Å². The number of rotatable bonds is 6. The van der Waals surface area contributed by atoms with Crippen LogP contribution in [-0.2, 0) is 6.18 Å². The molecule has 4 nitrogen and oxygen atoms in total. The number of benzene rings is 2. The number of anilines is 1. The summed E-state index contributed by atoms with van der Waals surface area (Å²) in [7, 11) is 1.43. The van der Waals surface area contributed by atoms with Crippen LogP contribution in [0.1, 0.15) is 29.3 Å². The molecule has 2 rings (SSSR count). The van der Waals surface area contributed by atoms with E-state index in [0.717, 1.165) is 12.5 Å². The summed E-state index contributed by atoms with van der Waals surface area (Å²) in [5, 5.41) is 2.29. The lowest BCUT2D eigenvalue weighted by molar-refractivity contribution is -0.136. The molecule has 0 radical (unpaired) electrons. The van der Waals surface area contributed by atoms with Gasteiger partial charge >= 0.3 is 6.18 Å². The van der Waals surface area contributed by atoms with Crippen molar-refractivity contribution in [3.05, 3.63) is 53.6 Å². The Balaban J connectivity index is 2.25. The number of methoxy groups -OCH3 is 1.